The number of esters is 1. The van der Waals surface area contributed by atoms with E-state index in [1.54, 1.807) is 19.1 Å². The minimum absolute atomic E-state index is 0.240. The van der Waals surface area contributed by atoms with E-state index in [9.17, 15) is 4.79 Å². The fraction of sp³-hybridized carbons (Fsp3) is 0.429. The smallest absolute Gasteiger partial charge is 0.307 e. The average Bonchev–Trinajstić information content (AvgIpc) is 2.75. The Hall–Kier alpha value is -0.970. The van der Waals surface area contributed by atoms with Gasteiger partial charge in [-0.25, -0.2) is 4.98 Å². The van der Waals surface area contributed by atoms with E-state index < -0.39 is 0 Å². The molecule has 0 unspecified atom stereocenters. The molecule has 0 radical (unpaired) electrons. The summed E-state index contributed by atoms with van der Waals surface area (Å²) in [6.07, 6.45) is 0.878. The van der Waals surface area contributed by atoms with Crippen LogP contribution in [0.3, 0.4) is 0 Å². The lowest BCUT2D eigenvalue weighted by Crippen LogP contribution is -2.11. The predicted molar refractivity (Wildman–Crippen MR) is 85.4 cm³/mol. The summed E-state index contributed by atoms with van der Waals surface area (Å²) >= 11 is 17.9. The lowest BCUT2D eigenvalue weighted by atomic mass is 10.3. The van der Waals surface area contributed by atoms with Crippen LogP contribution in [0, 0.1) is 0 Å². The quantitative estimate of drug-likeness (QED) is 0.583. The van der Waals surface area contributed by atoms with Gasteiger partial charge in [0.25, 0.3) is 0 Å². The molecule has 0 aliphatic carbocycles. The third-order valence-corrected chi connectivity index (χ3v) is 3.94. The minimum Gasteiger partial charge on any atom is -0.466 e. The molecular weight excluding hydrogens is 335 g/mol. The molecule has 4 nitrogen and oxygen atoms in total. The Morgan fingerprint density at radius 2 is 2.05 bits per heavy atom. The van der Waals surface area contributed by atoms with Gasteiger partial charge in [-0.15, -0.1) is 11.6 Å². The lowest BCUT2D eigenvalue weighted by Gasteiger charge is -2.08. The predicted octanol–water partition coefficient (Wildman–Crippen LogP) is 4.08. The zero-order valence-corrected chi connectivity index (χ0v) is 13.8. The molecule has 2 aromatic rings. The number of hydrogen-bond acceptors (Lipinski definition) is 3. The Morgan fingerprint density at radius 1 is 1.33 bits per heavy atom. The molecule has 1 aromatic carbocycles. The van der Waals surface area contributed by atoms with E-state index in [1.165, 1.54) is 0 Å². The Kier molecular flexibility index (Phi) is 5.73. The summed E-state index contributed by atoms with van der Waals surface area (Å²) in [5, 5.41) is 0.913. The largest absolute Gasteiger partial charge is 0.466 e. The second kappa shape index (κ2) is 7.34. The standard InChI is InChI=1S/C14H15Cl3N2O2/c1-2-21-14(20)4-6-19-12-8-10(17)9(16)7-11(12)18-13(19)3-5-15/h7-8H,2-6H2,1H3. The molecule has 114 valence electrons. The second-order valence-electron chi connectivity index (χ2n) is 4.43. The normalized spacial score (nSPS) is 11.0. The summed E-state index contributed by atoms with van der Waals surface area (Å²) in [6, 6.07) is 3.48. The van der Waals surface area contributed by atoms with Crippen molar-refractivity contribution in [1.82, 2.24) is 9.55 Å². The first-order valence-electron chi connectivity index (χ1n) is 6.62. The van der Waals surface area contributed by atoms with E-state index in [0.29, 0.717) is 35.5 Å². The van der Waals surface area contributed by atoms with Crippen molar-refractivity contribution in [3.8, 4) is 0 Å². The SMILES string of the molecule is CCOC(=O)CCn1c(CCCl)nc2cc(Cl)c(Cl)cc21. The van der Waals surface area contributed by atoms with Crippen molar-refractivity contribution in [2.45, 2.75) is 26.3 Å². The van der Waals surface area contributed by atoms with Gasteiger partial charge < -0.3 is 9.30 Å². The number of aromatic nitrogens is 2. The summed E-state index contributed by atoms with van der Waals surface area (Å²) in [5.74, 6) is 1.02. The van der Waals surface area contributed by atoms with Crippen molar-refractivity contribution in [3.05, 3.63) is 28.0 Å². The van der Waals surface area contributed by atoms with Crippen LogP contribution in [-0.2, 0) is 22.5 Å². The highest BCUT2D eigenvalue weighted by atomic mass is 35.5. The van der Waals surface area contributed by atoms with Crippen LogP contribution in [0.1, 0.15) is 19.2 Å². The van der Waals surface area contributed by atoms with Gasteiger partial charge in [0.15, 0.2) is 0 Å². The summed E-state index contributed by atoms with van der Waals surface area (Å²) in [5.41, 5.74) is 1.59. The van der Waals surface area contributed by atoms with Gasteiger partial charge >= 0.3 is 5.97 Å². The van der Waals surface area contributed by atoms with Gasteiger partial charge in [0.2, 0.25) is 0 Å². The zero-order valence-electron chi connectivity index (χ0n) is 11.5. The maximum atomic E-state index is 11.5. The Balaban J connectivity index is 2.36. The highest BCUT2D eigenvalue weighted by Gasteiger charge is 2.14. The monoisotopic (exact) mass is 348 g/mol. The number of imidazole rings is 1. The first kappa shape index (κ1) is 16.4. The van der Waals surface area contributed by atoms with Crippen LogP contribution >= 0.6 is 34.8 Å². The number of ether oxygens (including phenoxy) is 1. The molecule has 7 heteroatoms. The third-order valence-electron chi connectivity index (χ3n) is 3.03. The number of carbonyl (C=O) groups is 1. The molecule has 0 atom stereocenters. The molecular formula is C14H15Cl3N2O2. The van der Waals surface area contributed by atoms with Crippen LogP contribution < -0.4 is 0 Å². The first-order valence-corrected chi connectivity index (χ1v) is 7.91. The summed E-state index contributed by atoms with van der Waals surface area (Å²) in [7, 11) is 0. The minimum atomic E-state index is -0.240. The van der Waals surface area contributed by atoms with E-state index >= 15 is 0 Å². The molecule has 1 aromatic heterocycles. The number of nitrogens with zero attached hydrogens (tertiary/aromatic N) is 2. The number of aryl methyl sites for hydroxylation is 2. The van der Waals surface area contributed by atoms with Crippen molar-refractivity contribution in [1.29, 1.82) is 0 Å². The van der Waals surface area contributed by atoms with E-state index in [4.69, 9.17) is 39.5 Å². The van der Waals surface area contributed by atoms with E-state index in [-0.39, 0.29) is 12.4 Å². The van der Waals surface area contributed by atoms with Gasteiger partial charge in [0.1, 0.15) is 5.82 Å². The maximum Gasteiger partial charge on any atom is 0.307 e. The second-order valence-corrected chi connectivity index (χ2v) is 5.62. The molecule has 0 spiro atoms. The Morgan fingerprint density at radius 3 is 2.71 bits per heavy atom. The number of fused-ring (bicyclic) bond motifs is 1. The van der Waals surface area contributed by atoms with Gasteiger partial charge in [-0.2, -0.15) is 0 Å². The highest BCUT2D eigenvalue weighted by molar-refractivity contribution is 6.42. The van der Waals surface area contributed by atoms with Crippen LogP contribution in [0.2, 0.25) is 10.0 Å². The number of carbonyl (C=O) groups excluding carboxylic acids is 1. The molecule has 2 rings (SSSR count). The van der Waals surface area contributed by atoms with Crippen molar-refractivity contribution >= 4 is 51.8 Å². The fourth-order valence-corrected chi connectivity index (χ4v) is 2.62. The van der Waals surface area contributed by atoms with Crippen LogP contribution in [-0.4, -0.2) is 28.0 Å². The van der Waals surface area contributed by atoms with Crippen molar-refractivity contribution in [3.63, 3.8) is 0 Å². The Labute approximate surface area is 137 Å². The maximum absolute atomic E-state index is 11.5. The molecule has 0 aliphatic heterocycles. The third kappa shape index (κ3) is 3.82. The van der Waals surface area contributed by atoms with E-state index in [1.807, 2.05) is 4.57 Å². The van der Waals surface area contributed by atoms with Gasteiger partial charge in [-0.05, 0) is 19.1 Å². The average molecular weight is 350 g/mol. The number of rotatable bonds is 6. The summed E-state index contributed by atoms with van der Waals surface area (Å²) in [6.45, 7) is 2.63. The topological polar surface area (TPSA) is 44.1 Å². The molecule has 0 saturated heterocycles. The lowest BCUT2D eigenvalue weighted by molar-refractivity contribution is -0.143. The molecule has 0 amide bonds. The van der Waals surface area contributed by atoms with Gasteiger partial charge in [-0.1, -0.05) is 23.2 Å². The molecule has 0 saturated carbocycles. The van der Waals surface area contributed by atoms with Crippen LogP contribution in [0.15, 0.2) is 12.1 Å². The highest BCUT2D eigenvalue weighted by Crippen LogP contribution is 2.28. The number of alkyl halides is 1. The van der Waals surface area contributed by atoms with Gasteiger partial charge in [0.05, 0.1) is 34.1 Å². The number of benzene rings is 1. The zero-order chi connectivity index (χ0) is 15.4. The molecule has 21 heavy (non-hydrogen) atoms. The summed E-state index contributed by atoms with van der Waals surface area (Å²) in [4.78, 5) is 16.0. The molecule has 0 bridgehead atoms. The summed E-state index contributed by atoms with van der Waals surface area (Å²) < 4.78 is 6.89. The van der Waals surface area contributed by atoms with Crippen molar-refractivity contribution in [2.75, 3.05) is 12.5 Å². The van der Waals surface area contributed by atoms with Crippen molar-refractivity contribution in [2.24, 2.45) is 0 Å². The molecule has 1 heterocycles. The fourth-order valence-electron chi connectivity index (χ4n) is 2.13. The van der Waals surface area contributed by atoms with Crippen LogP contribution in [0.4, 0.5) is 0 Å². The van der Waals surface area contributed by atoms with E-state index in [2.05, 4.69) is 4.98 Å². The van der Waals surface area contributed by atoms with Gasteiger partial charge in [0, 0.05) is 18.8 Å². The van der Waals surface area contributed by atoms with Crippen LogP contribution in [0.25, 0.3) is 11.0 Å². The molecule has 0 aliphatic rings. The van der Waals surface area contributed by atoms with Crippen molar-refractivity contribution < 1.29 is 9.53 Å². The Bertz CT molecular complexity index is 655. The number of halogens is 3. The first-order chi connectivity index (χ1) is 10.1. The van der Waals surface area contributed by atoms with Crippen LogP contribution in [0.5, 0.6) is 0 Å². The van der Waals surface area contributed by atoms with Gasteiger partial charge in [-0.3, -0.25) is 4.79 Å². The number of hydrogen-bond donors (Lipinski definition) is 0. The van der Waals surface area contributed by atoms with E-state index in [0.717, 1.165) is 16.9 Å². The molecule has 0 fully saturated rings. The molecule has 0 N–H and O–H groups in total.